The largest absolute Gasteiger partial charge is 0.444 e. The number of nitrogens with one attached hydrogen (secondary N) is 3. The van der Waals surface area contributed by atoms with E-state index in [0.29, 0.717) is 18.4 Å². The van der Waals surface area contributed by atoms with Gasteiger partial charge in [-0.25, -0.2) is 9.59 Å². The van der Waals surface area contributed by atoms with E-state index in [-0.39, 0.29) is 56.4 Å². The third kappa shape index (κ3) is 14.1. The molecule has 8 rings (SSSR count). The number of ether oxygens (including phenoxy) is 2. The molecule has 5 aromatic rings. The number of fused-ring (bicyclic) bond motifs is 3. The van der Waals surface area contributed by atoms with Crippen LogP contribution < -0.4 is 21.7 Å². The van der Waals surface area contributed by atoms with E-state index in [1.807, 2.05) is 139 Å². The van der Waals surface area contributed by atoms with Gasteiger partial charge in [-0.05, 0) is 116 Å². The van der Waals surface area contributed by atoms with Crippen LogP contribution >= 0.6 is 0 Å². The van der Waals surface area contributed by atoms with Gasteiger partial charge in [0.05, 0.1) is 36.3 Å². The SMILES string of the molecule is COCC(c1ccccc1)N(Cc1ccc2c(ccn2C(=O)N[C@H]2C[C@@H](C(=O)N[C@@H]3CCCc4ccccc43)N(C(=O)[C@@H](NC(=O)[C@H](C)N(C)C(=O)OC(C)(C)C)C(C)(C)C)C2)c1)C(=O)[C@@H]1Cc2ccccc2CN1C(=O)[C@@H](N)C(C)(C)C. The third-order valence-corrected chi connectivity index (χ3v) is 16.5. The Balaban J connectivity index is 1.06. The van der Waals surface area contributed by atoms with E-state index in [1.54, 1.807) is 50.8 Å². The van der Waals surface area contributed by atoms with E-state index in [1.165, 1.54) is 21.4 Å². The number of likely N-dealkylation sites (N-methyl/N-ethyl adjacent to an activating group) is 1. The second kappa shape index (κ2) is 25.1. The molecule has 1 saturated heterocycles. The van der Waals surface area contributed by atoms with Crippen LogP contribution in [0.5, 0.6) is 0 Å². The summed E-state index contributed by atoms with van der Waals surface area (Å²) >= 11 is 0. The summed E-state index contributed by atoms with van der Waals surface area (Å²) in [5.74, 6) is -2.02. The lowest BCUT2D eigenvalue weighted by atomic mass is 9.84. The van der Waals surface area contributed by atoms with Crippen LogP contribution in [0.2, 0.25) is 0 Å². The number of carbonyl (C=O) groups excluding carboxylic acids is 7. The number of benzene rings is 4. The van der Waals surface area contributed by atoms with E-state index in [2.05, 4.69) is 22.0 Å². The topological polar surface area (TPSA) is 218 Å². The minimum Gasteiger partial charge on any atom is -0.444 e. The molecule has 2 aliphatic heterocycles. The van der Waals surface area contributed by atoms with Gasteiger partial charge in [-0.2, -0.15) is 0 Å². The zero-order valence-electron chi connectivity index (χ0n) is 50.4. The summed E-state index contributed by atoms with van der Waals surface area (Å²) in [5, 5.41) is 10.0. The number of aromatic nitrogens is 1. The summed E-state index contributed by atoms with van der Waals surface area (Å²) in [6, 6.07) is 26.1. The van der Waals surface area contributed by atoms with Crippen molar-refractivity contribution in [1.29, 1.82) is 0 Å². The average Bonchev–Trinajstić information content (AvgIpc) is 3.82. The first kappa shape index (κ1) is 61.5. The van der Waals surface area contributed by atoms with Gasteiger partial charge in [0, 0.05) is 51.8 Å². The molecule has 1 unspecified atom stereocenters. The summed E-state index contributed by atoms with van der Waals surface area (Å²) in [5.41, 5.74) is 10.8. The summed E-state index contributed by atoms with van der Waals surface area (Å²) in [6.07, 6.45) is 3.83. The van der Waals surface area contributed by atoms with Gasteiger partial charge in [0.25, 0.3) is 0 Å². The van der Waals surface area contributed by atoms with E-state index in [0.717, 1.165) is 51.6 Å². The van der Waals surface area contributed by atoms with Crippen molar-refractivity contribution < 1.29 is 43.0 Å². The normalized spacial score (nSPS) is 19.5. The Labute approximate surface area is 488 Å². The number of aryl methyl sites for hydroxylation is 1. The van der Waals surface area contributed by atoms with Crippen LogP contribution in [0.3, 0.4) is 0 Å². The second-order valence-electron chi connectivity index (χ2n) is 25.8. The van der Waals surface area contributed by atoms with Crippen molar-refractivity contribution in [3.8, 4) is 0 Å². The molecule has 1 aromatic heterocycles. The Morgan fingerprint density at radius 2 is 1.42 bits per heavy atom. The molecule has 18 heteroatoms. The molecule has 4 aromatic carbocycles. The first-order valence-electron chi connectivity index (χ1n) is 29.0. The maximum Gasteiger partial charge on any atom is 0.410 e. The maximum absolute atomic E-state index is 15.5. The summed E-state index contributed by atoms with van der Waals surface area (Å²) in [4.78, 5) is 107. The smallest absolute Gasteiger partial charge is 0.410 e. The first-order chi connectivity index (χ1) is 39.1. The minimum atomic E-state index is -1.14. The molecule has 3 aliphatic rings. The highest BCUT2D eigenvalue weighted by Crippen LogP contribution is 2.35. The molecule has 1 fully saturated rings. The molecule has 0 radical (unpaired) electrons. The van der Waals surface area contributed by atoms with Crippen LogP contribution in [0.1, 0.15) is 134 Å². The van der Waals surface area contributed by atoms with Crippen LogP contribution in [-0.2, 0) is 59.4 Å². The number of nitrogens with zero attached hydrogens (tertiary/aromatic N) is 5. The lowest BCUT2D eigenvalue weighted by Gasteiger charge is -2.43. The summed E-state index contributed by atoms with van der Waals surface area (Å²) in [7, 11) is 3.06. The number of nitrogens with two attached hydrogens (primary N) is 1. The Morgan fingerprint density at radius 3 is 2.08 bits per heavy atom. The Bertz CT molecular complexity index is 3190. The molecule has 7 amide bonds. The summed E-state index contributed by atoms with van der Waals surface area (Å²) in [6.45, 7) is 18.5. The monoisotopic (exact) mass is 1140 g/mol. The number of amides is 7. The zero-order valence-corrected chi connectivity index (χ0v) is 50.4. The van der Waals surface area contributed by atoms with Crippen LogP contribution in [0.25, 0.3) is 10.9 Å². The Morgan fingerprint density at radius 1 is 0.759 bits per heavy atom. The zero-order chi connectivity index (χ0) is 60.3. The van der Waals surface area contributed by atoms with Crippen LogP contribution in [0, 0.1) is 10.8 Å². The van der Waals surface area contributed by atoms with Crippen molar-refractivity contribution in [1.82, 2.24) is 40.1 Å². The molecule has 18 nitrogen and oxygen atoms in total. The van der Waals surface area contributed by atoms with Crippen LogP contribution in [-0.4, -0.2) is 135 Å². The van der Waals surface area contributed by atoms with Crippen molar-refractivity contribution in [3.05, 3.63) is 143 Å². The van der Waals surface area contributed by atoms with Gasteiger partial charge in [-0.1, -0.05) is 126 Å². The van der Waals surface area contributed by atoms with Gasteiger partial charge in [0.1, 0.15) is 29.8 Å². The Hall–Kier alpha value is -7.57. The van der Waals surface area contributed by atoms with E-state index in [4.69, 9.17) is 15.2 Å². The summed E-state index contributed by atoms with van der Waals surface area (Å²) < 4.78 is 12.8. The predicted octanol–water partition coefficient (Wildman–Crippen LogP) is 8.19. The van der Waals surface area contributed by atoms with E-state index >= 15 is 9.59 Å². The van der Waals surface area contributed by atoms with Gasteiger partial charge in [-0.15, -0.1) is 0 Å². The minimum absolute atomic E-state index is 0.0330. The number of likely N-dealkylation sites (tertiary alicyclic amines) is 1. The molecule has 83 heavy (non-hydrogen) atoms. The molecular formula is C65H85N9O9. The van der Waals surface area contributed by atoms with Gasteiger partial charge in [0.15, 0.2) is 0 Å². The fourth-order valence-corrected chi connectivity index (χ4v) is 11.5. The second-order valence-corrected chi connectivity index (χ2v) is 25.8. The van der Waals surface area contributed by atoms with Gasteiger partial charge in [-0.3, -0.25) is 33.4 Å². The lowest BCUT2D eigenvalue weighted by molar-refractivity contribution is -0.151. The fourth-order valence-electron chi connectivity index (χ4n) is 11.5. The first-order valence-corrected chi connectivity index (χ1v) is 29.0. The van der Waals surface area contributed by atoms with Crippen LogP contribution in [0.15, 0.2) is 109 Å². The van der Waals surface area contributed by atoms with Crippen LogP contribution in [0.4, 0.5) is 9.59 Å². The highest BCUT2D eigenvalue weighted by atomic mass is 16.6. The lowest BCUT2D eigenvalue weighted by Crippen LogP contribution is -2.60. The third-order valence-electron chi connectivity index (χ3n) is 16.5. The molecule has 8 atom stereocenters. The molecule has 1 aliphatic carbocycles. The fraction of sp³-hybridized carbons (Fsp3) is 0.492. The van der Waals surface area contributed by atoms with Gasteiger partial charge < -0.3 is 45.9 Å². The quantitative estimate of drug-likeness (QED) is 0.0788. The molecule has 0 bridgehead atoms. The standard InChI is InChI=1S/C65H85N9O9/c1-40(70(11)62(81)83-65(8,9)10)56(75)69-55(64(5,6)7)60(79)74-38-47(35-51(74)57(76)68-49-28-20-26-42-21-18-19-27-48(42)49)67-61(80)71-32-31-45-33-41(29-30-50(45)71)36-72(53(39-82-12)43-22-14-13-15-23-43)58(77)52-34-44-24-16-17-25-46(44)37-73(52)59(78)54(66)63(2,3)4/h13-19,21-25,27,29-33,40,47,49,51-55H,20,26,28,34-39,66H2,1-12H3,(H,67,80)(H,68,76)(H,69,75)/t40-,47-,49+,51-,52-,53?,54+,55+/m0/s1. The van der Waals surface area contributed by atoms with Crippen molar-refractivity contribution >= 4 is 52.6 Å². The number of rotatable bonds is 15. The molecule has 3 heterocycles. The number of hydrogen-bond acceptors (Lipinski definition) is 10. The molecule has 5 N–H and O–H groups in total. The highest BCUT2D eigenvalue weighted by Gasteiger charge is 2.47. The molecule has 0 spiro atoms. The molecular weight excluding hydrogens is 1050 g/mol. The highest BCUT2D eigenvalue weighted by molar-refractivity contribution is 5.96. The number of carbonyl (C=O) groups is 7. The molecule has 0 saturated carbocycles. The van der Waals surface area contributed by atoms with Crippen molar-refractivity contribution in [2.45, 2.75) is 168 Å². The number of methoxy groups -OCH3 is 1. The van der Waals surface area contributed by atoms with Crippen molar-refractivity contribution in [2.24, 2.45) is 16.6 Å². The predicted molar refractivity (Wildman–Crippen MR) is 318 cm³/mol. The van der Waals surface area contributed by atoms with Crippen molar-refractivity contribution in [3.63, 3.8) is 0 Å². The average molecular weight is 1140 g/mol. The van der Waals surface area contributed by atoms with E-state index < -0.39 is 82.7 Å². The van der Waals surface area contributed by atoms with Gasteiger partial charge in [0.2, 0.25) is 29.5 Å². The molecule has 444 valence electrons. The Kier molecular flexibility index (Phi) is 18.6. The maximum atomic E-state index is 15.5. The number of hydrogen-bond donors (Lipinski definition) is 4. The van der Waals surface area contributed by atoms with Crippen molar-refractivity contribution in [2.75, 3.05) is 27.3 Å². The van der Waals surface area contributed by atoms with Gasteiger partial charge >= 0.3 is 12.1 Å². The van der Waals surface area contributed by atoms with E-state index in [9.17, 15) is 24.0 Å².